The van der Waals surface area contributed by atoms with E-state index in [9.17, 15) is 0 Å². The molecule has 112 valence electrons. The number of pyridine rings is 1. The minimum atomic E-state index is 0.813. The van der Waals surface area contributed by atoms with Crippen LogP contribution in [0.25, 0.3) is 0 Å². The molecule has 0 atom stereocenters. The van der Waals surface area contributed by atoms with E-state index in [0.29, 0.717) is 0 Å². The maximum Gasteiger partial charge on any atom is 0.101 e. The van der Waals surface area contributed by atoms with Gasteiger partial charge >= 0.3 is 0 Å². The van der Waals surface area contributed by atoms with E-state index in [0.717, 1.165) is 45.7 Å². The van der Waals surface area contributed by atoms with Gasteiger partial charge in [-0.25, -0.2) is 4.98 Å². The van der Waals surface area contributed by atoms with Crippen LogP contribution >= 0.6 is 23.4 Å². The molecule has 0 bridgehead atoms. The smallest absolute Gasteiger partial charge is 0.101 e. The second-order valence-corrected chi connectivity index (χ2v) is 6.66. The molecule has 0 aliphatic rings. The Bertz CT molecular complexity index is 593. The summed E-state index contributed by atoms with van der Waals surface area (Å²) in [6.07, 6.45) is 1.13. The number of hydrogen-bond acceptors (Lipinski definition) is 3. The molecule has 0 radical (unpaired) electrons. The molecular weight excluding hydrogens is 300 g/mol. The summed E-state index contributed by atoms with van der Waals surface area (Å²) >= 11 is 8.01. The third-order valence-corrected chi connectivity index (χ3v) is 4.32. The number of nitrogens with zero attached hydrogens (tertiary/aromatic N) is 1. The Labute approximate surface area is 136 Å². The average molecular weight is 321 g/mol. The highest BCUT2D eigenvalue weighted by molar-refractivity contribution is 7.99. The maximum absolute atomic E-state index is 6.36. The van der Waals surface area contributed by atoms with Gasteiger partial charge in [-0.05, 0) is 62.2 Å². The molecule has 0 amide bonds. The minimum absolute atomic E-state index is 0.813. The Kier molecular flexibility index (Phi) is 6.09. The number of aryl methyl sites for hydroxylation is 2. The van der Waals surface area contributed by atoms with Crippen molar-refractivity contribution in [3.05, 3.63) is 52.2 Å². The van der Waals surface area contributed by atoms with E-state index >= 15 is 0 Å². The van der Waals surface area contributed by atoms with Crippen LogP contribution in [-0.4, -0.2) is 11.5 Å². The Hall–Kier alpha value is -1.03. The molecule has 1 aromatic heterocycles. The first-order chi connectivity index (χ1) is 10.1. The normalized spacial score (nSPS) is 10.9. The highest BCUT2D eigenvalue weighted by Crippen LogP contribution is 2.30. The van der Waals surface area contributed by atoms with E-state index in [4.69, 9.17) is 11.6 Å². The van der Waals surface area contributed by atoms with Crippen molar-refractivity contribution in [3.63, 3.8) is 0 Å². The fourth-order valence-electron chi connectivity index (χ4n) is 2.11. The van der Waals surface area contributed by atoms with Gasteiger partial charge in [-0.2, -0.15) is 0 Å². The van der Waals surface area contributed by atoms with Crippen LogP contribution in [0.1, 0.15) is 30.2 Å². The predicted octanol–water partition coefficient (Wildman–Crippen LogP) is 5.00. The summed E-state index contributed by atoms with van der Waals surface area (Å²) < 4.78 is 0. The van der Waals surface area contributed by atoms with Crippen molar-refractivity contribution in [3.8, 4) is 0 Å². The van der Waals surface area contributed by atoms with E-state index in [2.05, 4.69) is 48.4 Å². The molecule has 4 heteroatoms. The molecule has 0 spiro atoms. The SMILES string of the molecule is CCCNCc1ccc(Sc2cc(C)cc(C)n2)cc1Cl. The first kappa shape index (κ1) is 16.3. The summed E-state index contributed by atoms with van der Waals surface area (Å²) in [6, 6.07) is 10.4. The van der Waals surface area contributed by atoms with E-state index < -0.39 is 0 Å². The molecule has 21 heavy (non-hydrogen) atoms. The third kappa shape index (κ3) is 5.03. The van der Waals surface area contributed by atoms with Crippen molar-refractivity contribution in [1.29, 1.82) is 0 Å². The lowest BCUT2D eigenvalue weighted by atomic mass is 10.2. The van der Waals surface area contributed by atoms with Crippen LogP contribution in [0.5, 0.6) is 0 Å². The first-order valence-corrected chi connectivity index (χ1v) is 8.40. The zero-order chi connectivity index (χ0) is 15.2. The monoisotopic (exact) mass is 320 g/mol. The molecule has 0 unspecified atom stereocenters. The van der Waals surface area contributed by atoms with Crippen LogP contribution in [0.4, 0.5) is 0 Å². The molecule has 2 rings (SSSR count). The van der Waals surface area contributed by atoms with E-state index in [1.54, 1.807) is 11.8 Å². The van der Waals surface area contributed by atoms with Gasteiger partial charge in [0.25, 0.3) is 0 Å². The Balaban J connectivity index is 2.09. The number of aromatic nitrogens is 1. The van der Waals surface area contributed by atoms with Crippen molar-refractivity contribution in [2.24, 2.45) is 0 Å². The summed E-state index contributed by atoms with van der Waals surface area (Å²) in [5.41, 5.74) is 3.42. The largest absolute Gasteiger partial charge is 0.313 e. The summed E-state index contributed by atoms with van der Waals surface area (Å²) in [4.78, 5) is 5.67. The second kappa shape index (κ2) is 7.83. The van der Waals surface area contributed by atoms with Gasteiger partial charge in [-0.1, -0.05) is 36.4 Å². The molecule has 0 fully saturated rings. The van der Waals surface area contributed by atoms with Gasteiger partial charge in [0.05, 0.1) is 0 Å². The van der Waals surface area contributed by atoms with E-state index in [1.807, 2.05) is 13.0 Å². The van der Waals surface area contributed by atoms with E-state index in [1.165, 1.54) is 5.56 Å². The molecule has 1 aromatic carbocycles. The molecule has 2 nitrogen and oxygen atoms in total. The summed E-state index contributed by atoms with van der Waals surface area (Å²) in [6.45, 7) is 8.10. The highest BCUT2D eigenvalue weighted by atomic mass is 35.5. The van der Waals surface area contributed by atoms with E-state index in [-0.39, 0.29) is 0 Å². The minimum Gasteiger partial charge on any atom is -0.313 e. The second-order valence-electron chi connectivity index (χ2n) is 5.16. The maximum atomic E-state index is 6.36. The van der Waals surface area contributed by atoms with Crippen LogP contribution in [0.3, 0.4) is 0 Å². The summed E-state index contributed by atoms with van der Waals surface area (Å²) in [5.74, 6) is 0. The topological polar surface area (TPSA) is 24.9 Å². The summed E-state index contributed by atoms with van der Waals surface area (Å²) in [5, 5.41) is 5.20. The number of benzene rings is 1. The molecule has 0 saturated carbocycles. The zero-order valence-corrected chi connectivity index (χ0v) is 14.3. The summed E-state index contributed by atoms with van der Waals surface area (Å²) in [7, 11) is 0. The van der Waals surface area contributed by atoms with Gasteiger partial charge < -0.3 is 5.32 Å². The zero-order valence-electron chi connectivity index (χ0n) is 12.7. The Morgan fingerprint density at radius 1 is 1.19 bits per heavy atom. The first-order valence-electron chi connectivity index (χ1n) is 7.20. The fourth-order valence-corrected chi connectivity index (χ4v) is 3.41. The van der Waals surface area contributed by atoms with Crippen LogP contribution in [0.2, 0.25) is 5.02 Å². The number of halogens is 1. The van der Waals surface area contributed by atoms with Gasteiger partial charge in [-0.15, -0.1) is 0 Å². The molecular formula is C17H21ClN2S. The van der Waals surface area contributed by atoms with Gasteiger partial charge in [0.2, 0.25) is 0 Å². The molecule has 2 aromatic rings. The van der Waals surface area contributed by atoms with Crippen LogP contribution in [0.15, 0.2) is 40.3 Å². The lowest BCUT2D eigenvalue weighted by Crippen LogP contribution is -2.13. The molecule has 0 aliphatic heterocycles. The lowest BCUT2D eigenvalue weighted by molar-refractivity contribution is 0.675. The quantitative estimate of drug-likeness (QED) is 0.758. The van der Waals surface area contributed by atoms with Gasteiger partial charge in [-0.3, -0.25) is 0 Å². The van der Waals surface area contributed by atoms with Crippen LogP contribution < -0.4 is 5.32 Å². The highest BCUT2D eigenvalue weighted by Gasteiger charge is 2.05. The van der Waals surface area contributed by atoms with Crippen LogP contribution in [-0.2, 0) is 6.54 Å². The lowest BCUT2D eigenvalue weighted by Gasteiger charge is -2.08. The van der Waals surface area contributed by atoms with Crippen molar-refractivity contribution < 1.29 is 0 Å². The number of nitrogens with one attached hydrogen (secondary N) is 1. The Morgan fingerprint density at radius 3 is 2.67 bits per heavy atom. The van der Waals surface area contributed by atoms with Crippen molar-refractivity contribution >= 4 is 23.4 Å². The predicted molar refractivity (Wildman–Crippen MR) is 91.3 cm³/mol. The van der Waals surface area contributed by atoms with Crippen LogP contribution in [0, 0.1) is 13.8 Å². The molecule has 0 saturated heterocycles. The fraction of sp³-hybridized carbons (Fsp3) is 0.353. The number of hydrogen-bond donors (Lipinski definition) is 1. The standard InChI is InChI=1S/C17H21ClN2S/c1-4-7-19-11-14-5-6-15(10-16(14)18)21-17-9-12(2)8-13(3)20-17/h5-6,8-10,19H,4,7,11H2,1-3H3. The molecule has 0 aliphatic carbocycles. The van der Waals surface area contributed by atoms with Gasteiger partial charge in [0.15, 0.2) is 0 Å². The van der Waals surface area contributed by atoms with Crippen molar-refractivity contribution in [2.75, 3.05) is 6.54 Å². The van der Waals surface area contributed by atoms with Crippen molar-refractivity contribution in [1.82, 2.24) is 10.3 Å². The van der Waals surface area contributed by atoms with Gasteiger partial charge in [0.1, 0.15) is 5.03 Å². The third-order valence-electron chi connectivity index (χ3n) is 3.06. The molecule has 1 N–H and O–H groups in total. The Morgan fingerprint density at radius 2 is 2.00 bits per heavy atom. The molecule has 1 heterocycles. The average Bonchev–Trinajstić information content (AvgIpc) is 2.40. The van der Waals surface area contributed by atoms with Gasteiger partial charge in [0, 0.05) is 22.2 Å². The number of rotatable bonds is 6. The van der Waals surface area contributed by atoms with Crippen molar-refractivity contribution in [2.45, 2.75) is 43.7 Å².